The fourth-order valence-corrected chi connectivity index (χ4v) is 2.71. The van der Waals surface area contributed by atoms with Gasteiger partial charge in [0.05, 0.1) is 0 Å². The Morgan fingerprint density at radius 1 is 1.18 bits per heavy atom. The van der Waals surface area contributed by atoms with Crippen molar-refractivity contribution >= 4 is 7.60 Å². The molecule has 128 valence electrons. The highest BCUT2D eigenvalue weighted by Crippen LogP contribution is 2.30. The summed E-state index contributed by atoms with van der Waals surface area (Å²) in [6, 6.07) is 0. The summed E-state index contributed by atoms with van der Waals surface area (Å²) in [5, 5.41) is 0. The highest BCUT2D eigenvalue weighted by molar-refractivity contribution is 7.50. The summed E-state index contributed by atoms with van der Waals surface area (Å²) in [7, 11) is -4.10. The lowest BCUT2D eigenvalue weighted by atomic mass is 10.1. The van der Waals surface area contributed by atoms with E-state index in [2.05, 4.69) is 4.98 Å². The van der Waals surface area contributed by atoms with Crippen LogP contribution in [0.4, 0.5) is 0 Å². The third kappa shape index (κ3) is 8.29. The molecule has 8 nitrogen and oxygen atoms in total. The van der Waals surface area contributed by atoms with Crippen molar-refractivity contribution in [2.75, 3.05) is 6.16 Å². The Morgan fingerprint density at radius 3 is 2.32 bits per heavy atom. The zero-order chi connectivity index (χ0) is 15.9. The second-order valence-electron chi connectivity index (χ2n) is 5.25. The number of aryl methyl sites for hydroxylation is 2. The summed E-state index contributed by atoms with van der Waals surface area (Å²) in [5.41, 5.74) is -0.226. The van der Waals surface area contributed by atoms with Crippen LogP contribution in [-0.4, -0.2) is 20.6 Å². The van der Waals surface area contributed by atoms with Crippen LogP contribution in [0.25, 0.3) is 0 Å². The van der Waals surface area contributed by atoms with Gasteiger partial charge >= 0.3 is 5.69 Å². The van der Waals surface area contributed by atoms with Crippen LogP contribution >= 0.6 is 7.60 Å². The van der Waals surface area contributed by atoms with E-state index in [1.54, 1.807) is 13.1 Å². The summed E-state index contributed by atoms with van der Waals surface area (Å²) < 4.78 is 12.0. The predicted octanol–water partition coefficient (Wildman–Crippen LogP) is 1.11. The van der Waals surface area contributed by atoms with Crippen molar-refractivity contribution in [3.8, 4) is 0 Å². The van der Waals surface area contributed by atoms with Crippen LogP contribution < -0.4 is 22.3 Å². The number of quaternary nitrogens is 1. The Bertz CT molecular complexity index is 604. The van der Waals surface area contributed by atoms with Crippen LogP contribution in [0.2, 0.25) is 0 Å². The van der Waals surface area contributed by atoms with Gasteiger partial charge in [-0.1, -0.05) is 25.7 Å². The second-order valence-corrected chi connectivity index (χ2v) is 6.97. The van der Waals surface area contributed by atoms with Crippen molar-refractivity contribution in [1.82, 2.24) is 15.7 Å². The Kier molecular flexibility index (Phi) is 9.20. The van der Waals surface area contributed by atoms with E-state index in [4.69, 9.17) is 4.89 Å². The summed E-state index contributed by atoms with van der Waals surface area (Å²) in [6.45, 7) is 2.22. The van der Waals surface area contributed by atoms with E-state index in [1.165, 1.54) is 4.57 Å². The van der Waals surface area contributed by atoms with Crippen LogP contribution in [0.3, 0.4) is 0 Å². The molecule has 0 radical (unpaired) electrons. The van der Waals surface area contributed by atoms with Gasteiger partial charge in [0.1, 0.15) is 7.60 Å². The van der Waals surface area contributed by atoms with Crippen molar-refractivity contribution in [1.29, 1.82) is 0 Å². The van der Waals surface area contributed by atoms with Gasteiger partial charge in [0.15, 0.2) is 0 Å². The Balaban J connectivity index is 0.00000441. The minimum Gasteiger partial charge on any atom is -0.779 e. The van der Waals surface area contributed by atoms with Gasteiger partial charge in [-0.05, 0) is 19.8 Å². The first-order valence-corrected chi connectivity index (χ1v) is 8.89. The van der Waals surface area contributed by atoms with Crippen molar-refractivity contribution < 1.29 is 14.4 Å². The molecule has 1 aromatic heterocycles. The number of rotatable bonds is 9. The molecule has 0 aliphatic carbocycles. The van der Waals surface area contributed by atoms with Crippen LogP contribution in [0.5, 0.6) is 0 Å². The van der Waals surface area contributed by atoms with Gasteiger partial charge < -0.3 is 25.1 Å². The lowest BCUT2D eigenvalue weighted by Crippen LogP contribution is -2.30. The summed E-state index contributed by atoms with van der Waals surface area (Å²) in [5.74, 6) is 0. The Hall–Kier alpha value is -1.21. The smallest absolute Gasteiger partial charge is 0.328 e. The molecule has 1 unspecified atom stereocenters. The highest BCUT2D eigenvalue weighted by Gasteiger charge is 2.02. The van der Waals surface area contributed by atoms with Crippen molar-refractivity contribution in [3.63, 3.8) is 0 Å². The average molecular weight is 335 g/mol. The van der Waals surface area contributed by atoms with Crippen molar-refractivity contribution in [2.45, 2.75) is 52.0 Å². The monoisotopic (exact) mass is 335 g/mol. The Morgan fingerprint density at radius 2 is 1.73 bits per heavy atom. The van der Waals surface area contributed by atoms with Gasteiger partial charge in [-0.25, -0.2) is 4.79 Å². The van der Waals surface area contributed by atoms with E-state index < -0.39 is 7.60 Å². The lowest BCUT2D eigenvalue weighted by Gasteiger charge is -2.14. The molecule has 0 aromatic carbocycles. The van der Waals surface area contributed by atoms with Gasteiger partial charge in [0.2, 0.25) is 0 Å². The van der Waals surface area contributed by atoms with Gasteiger partial charge in [-0.15, -0.1) is 0 Å². The largest absolute Gasteiger partial charge is 0.779 e. The Labute approximate surface area is 129 Å². The van der Waals surface area contributed by atoms with Gasteiger partial charge in [0.25, 0.3) is 5.56 Å². The van der Waals surface area contributed by atoms with Crippen LogP contribution in [0.15, 0.2) is 15.8 Å². The molecule has 0 saturated heterocycles. The standard InChI is InChI=1S/C13H23N2O5P.H3N/c1-11-10-15(13(17)14-12(11)16)8-6-4-2-3-5-7-9-21(18,19)20;/h10H,2-9H2,1H3,(H,14,16,17)(H2,18,19,20);1H3. The summed E-state index contributed by atoms with van der Waals surface area (Å²) in [4.78, 5) is 44.1. The maximum atomic E-state index is 11.5. The minimum atomic E-state index is -4.10. The molecule has 1 heterocycles. The van der Waals surface area contributed by atoms with E-state index in [9.17, 15) is 19.0 Å². The zero-order valence-corrected chi connectivity index (χ0v) is 14.1. The molecule has 1 atom stereocenters. The predicted molar refractivity (Wildman–Crippen MR) is 84.4 cm³/mol. The quantitative estimate of drug-likeness (QED) is 0.456. The zero-order valence-electron chi connectivity index (χ0n) is 13.2. The van der Waals surface area contributed by atoms with Gasteiger partial charge in [-0.3, -0.25) is 9.78 Å². The van der Waals surface area contributed by atoms with Gasteiger partial charge in [0, 0.05) is 24.5 Å². The highest BCUT2D eigenvalue weighted by atomic mass is 31.2. The maximum Gasteiger partial charge on any atom is 0.328 e. The van der Waals surface area contributed by atoms with E-state index in [1.807, 2.05) is 0 Å². The molecule has 0 fully saturated rings. The molecule has 0 aliphatic heterocycles. The number of nitrogens with one attached hydrogen (secondary N) is 1. The molecule has 0 amide bonds. The molecule has 0 bridgehead atoms. The fraction of sp³-hybridized carbons (Fsp3) is 0.692. The molecular weight excluding hydrogens is 309 g/mol. The number of aromatic nitrogens is 2. The normalized spacial score (nSPS) is 13.4. The molecule has 6 N–H and O–H groups in total. The van der Waals surface area contributed by atoms with E-state index in [-0.39, 0.29) is 23.6 Å². The number of H-pyrrole nitrogens is 1. The first-order valence-electron chi connectivity index (χ1n) is 7.13. The molecule has 22 heavy (non-hydrogen) atoms. The first-order chi connectivity index (χ1) is 9.79. The molecule has 0 spiro atoms. The van der Waals surface area contributed by atoms with Crippen molar-refractivity contribution in [2.24, 2.45) is 0 Å². The third-order valence-corrected chi connectivity index (χ3v) is 4.16. The SMILES string of the molecule is Cc1cn(CCCCCCCCP(=O)([O-])O)c(=O)[nH]c1=O.[NH4+]. The molecule has 9 heteroatoms. The topological polar surface area (TPSA) is 152 Å². The molecule has 1 rings (SSSR count). The summed E-state index contributed by atoms with van der Waals surface area (Å²) >= 11 is 0. The van der Waals surface area contributed by atoms with Crippen LogP contribution in [-0.2, 0) is 11.1 Å². The number of hydrogen-bond acceptors (Lipinski definition) is 4. The van der Waals surface area contributed by atoms with Crippen molar-refractivity contribution in [3.05, 3.63) is 32.6 Å². The minimum absolute atomic E-state index is 0. The molecular formula is C13H26N3O5P. The average Bonchev–Trinajstić information content (AvgIpc) is 2.37. The molecule has 0 saturated carbocycles. The second kappa shape index (κ2) is 9.74. The maximum absolute atomic E-state index is 11.5. The lowest BCUT2D eigenvalue weighted by molar-refractivity contribution is -0.193. The number of hydrogen-bond donors (Lipinski definition) is 3. The van der Waals surface area contributed by atoms with Gasteiger partial charge in [-0.2, -0.15) is 0 Å². The van der Waals surface area contributed by atoms with Crippen LogP contribution in [0.1, 0.15) is 44.1 Å². The third-order valence-electron chi connectivity index (χ3n) is 3.28. The van der Waals surface area contributed by atoms with E-state index in [0.717, 1.165) is 32.1 Å². The number of unbranched alkanes of at least 4 members (excludes halogenated alkanes) is 5. The number of nitrogens with zero attached hydrogens (tertiary/aromatic N) is 1. The first kappa shape index (κ1) is 20.8. The summed E-state index contributed by atoms with van der Waals surface area (Å²) in [6.07, 6.45) is 6.27. The number of aromatic amines is 1. The molecule has 0 aliphatic rings. The molecule has 1 aromatic rings. The van der Waals surface area contributed by atoms with Crippen LogP contribution in [0, 0.1) is 6.92 Å². The van der Waals surface area contributed by atoms with E-state index >= 15 is 0 Å². The van der Waals surface area contributed by atoms with E-state index in [0.29, 0.717) is 18.5 Å². The fourth-order valence-electron chi connectivity index (χ4n) is 2.09.